The Balaban J connectivity index is 1.98. The van der Waals surface area contributed by atoms with Crippen molar-refractivity contribution >= 4 is 17.8 Å². The molecule has 2 aromatic rings. The quantitative estimate of drug-likeness (QED) is 0.634. The molecule has 0 radical (unpaired) electrons. The molecule has 2 atom stereocenters. The third-order valence-corrected chi connectivity index (χ3v) is 4.73. The van der Waals surface area contributed by atoms with Crippen LogP contribution in [0, 0.1) is 0 Å². The van der Waals surface area contributed by atoms with Crippen molar-refractivity contribution in [3.63, 3.8) is 0 Å². The van der Waals surface area contributed by atoms with Crippen molar-refractivity contribution in [3.8, 4) is 5.75 Å². The van der Waals surface area contributed by atoms with Crippen LogP contribution in [0.4, 0.5) is 0 Å². The average molecular weight is 411 g/mol. The minimum atomic E-state index is -1.44. The van der Waals surface area contributed by atoms with Gasteiger partial charge in [0, 0.05) is 5.56 Å². The second-order valence-corrected chi connectivity index (χ2v) is 8.27. The van der Waals surface area contributed by atoms with Crippen molar-refractivity contribution in [2.75, 3.05) is 0 Å². The highest BCUT2D eigenvalue weighted by atomic mass is 16.4. The second-order valence-electron chi connectivity index (χ2n) is 8.27. The number of carbonyl (C=O) groups is 3. The van der Waals surface area contributed by atoms with Crippen molar-refractivity contribution in [3.05, 3.63) is 65.2 Å². The summed E-state index contributed by atoms with van der Waals surface area (Å²) in [6.07, 6.45) is -0.0106. The predicted molar refractivity (Wildman–Crippen MR) is 111 cm³/mol. The van der Waals surface area contributed by atoms with Gasteiger partial charge >= 0.3 is 0 Å². The SMILES string of the molecule is C[C@@H](NC(=O)c1ccc(C(C)(C)C)cc1)C(=O)N[C@H](Cc1ccc(O)cc1)C(=O)[O-]. The van der Waals surface area contributed by atoms with Gasteiger partial charge in [0.05, 0.1) is 12.0 Å². The molecule has 160 valence electrons. The third-order valence-electron chi connectivity index (χ3n) is 4.73. The van der Waals surface area contributed by atoms with Gasteiger partial charge in [-0.1, -0.05) is 45.0 Å². The summed E-state index contributed by atoms with van der Waals surface area (Å²) in [7, 11) is 0. The number of phenolic OH excluding ortho intramolecular Hbond substituents is 1. The first-order chi connectivity index (χ1) is 14.0. The van der Waals surface area contributed by atoms with Crippen LogP contribution in [0.5, 0.6) is 5.75 Å². The number of hydrogen-bond acceptors (Lipinski definition) is 5. The van der Waals surface area contributed by atoms with E-state index in [9.17, 15) is 24.6 Å². The molecule has 0 aromatic heterocycles. The van der Waals surface area contributed by atoms with Crippen molar-refractivity contribution in [1.82, 2.24) is 10.6 Å². The standard InChI is InChI=1S/C23H28N2O5/c1-14(24-21(28)16-7-9-17(10-8-16)23(2,3)4)20(27)25-19(22(29)30)13-15-5-11-18(26)12-6-15/h5-12,14,19,26H,13H2,1-4H3,(H,24,28)(H,25,27)(H,29,30)/p-1/t14-,19-/m1/s1. The molecular weight excluding hydrogens is 384 g/mol. The maximum Gasteiger partial charge on any atom is 0.251 e. The van der Waals surface area contributed by atoms with Crippen LogP contribution in [0.1, 0.15) is 49.2 Å². The van der Waals surface area contributed by atoms with Crippen LogP contribution >= 0.6 is 0 Å². The summed E-state index contributed by atoms with van der Waals surface area (Å²) in [5.74, 6) is -2.45. The van der Waals surface area contributed by atoms with Gasteiger partial charge in [-0.05, 0) is 54.2 Å². The lowest BCUT2D eigenvalue weighted by atomic mass is 9.86. The Morgan fingerprint density at radius 3 is 2.03 bits per heavy atom. The van der Waals surface area contributed by atoms with Gasteiger partial charge in [0.2, 0.25) is 5.91 Å². The number of nitrogens with one attached hydrogen (secondary N) is 2. The highest BCUT2D eigenvalue weighted by Gasteiger charge is 2.21. The van der Waals surface area contributed by atoms with Gasteiger partial charge in [-0.25, -0.2) is 0 Å². The average Bonchev–Trinajstić information content (AvgIpc) is 2.68. The van der Waals surface area contributed by atoms with Gasteiger partial charge in [0.15, 0.2) is 0 Å². The molecule has 7 nitrogen and oxygen atoms in total. The fourth-order valence-electron chi connectivity index (χ4n) is 2.82. The van der Waals surface area contributed by atoms with Crippen LogP contribution < -0.4 is 15.7 Å². The minimum Gasteiger partial charge on any atom is -0.548 e. The highest BCUT2D eigenvalue weighted by molar-refractivity contribution is 5.98. The summed E-state index contributed by atoms with van der Waals surface area (Å²) < 4.78 is 0. The maximum absolute atomic E-state index is 12.4. The van der Waals surface area contributed by atoms with E-state index in [0.29, 0.717) is 11.1 Å². The van der Waals surface area contributed by atoms with Gasteiger partial charge in [-0.3, -0.25) is 9.59 Å². The summed E-state index contributed by atoms with van der Waals surface area (Å²) in [5.41, 5.74) is 2.05. The highest BCUT2D eigenvalue weighted by Crippen LogP contribution is 2.22. The minimum absolute atomic E-state index is 0.0106. The van der Waals surface area contributed by atoms with E-state index in [1.165, 1.54) is 19.1 Å². The zero-order valence-electron chi connectivity index (χ0n) is 17.6. The summed E-state index contributed by atoms with van der Waals surface area (Å²) in [6, 6.07) is 10.9. The van der Waals surface area contributed by atoms with Crippen LogP contribution in [-0.4, -0.2) is 35.0 Å². The lowest BCUT2D eigenvalue weighted by molar-refractivity contribution is -0.308. The smallest absolute Gasteiger partial charge is 0.251 e. The van der Waals surface area contributed by atoms with Crippen LogP contribution in [0.2, 0.25) is 0 Å². The number of aromatic hydroxyl groups is 1. The summed E-state index contributed by atoms with van der Waals surface area (Å²) in [5, 5.41) is 25.7. The number of amides is 2. The molecule has 30 heavy (non-hydrogen) atoms. The molecule has 2 amide bonds. The van der Waals surface area contributed by atoms with Crippen molar-refractivity contribution in [2.24, 2.45) is 0 Å². The van der Waals surface area contributed by atoms with Crippen LogP contribution in [-0.2, 0) is 21.4 Å². The van der Waals surface area contributed by atoms with E-state index in [0.717, 1.165) is 5.56 Å². The van der Waals surface area contributed by atoms with Crippen molar-refractivity contribution < 1.29 is 24.6 Å². The predicted octanol–water partition coefficient (Wildman–Crippen LogP) is 1.29. The molecule has 0 fully saturated rings. The van der Waals surface area contributed by atoms with E-state index < -0.39 is 29.9 Å². The number of phenols is 1. The lowest BCUT2D eigenvalue weighted by Gasteiger charge is -2.23. The molecule has 0 saturated heterocycles. The topological polar surface area (TPSA) is 119 Å². The molecule has 0 aliphatic heterocycles. The van der Waals surface area contributed by atoms with E-state index in [1.807, 2.05) is 12.1 Å². The number of carbonyl (C=O) groups excluding carboxylic acids is 3. The summed E-state index contributed by atoms with van der Waals surface area (Å²) in [6.45, 7) is 7.69. The molecular formula is C23H27N2O5-. The molecule has 0 unspecified atom stereocenters. The van der Waals surface area contributed by atoms with Gasteiger partial charge in [0.25, 0.3) is 5.91 Å². The van der Waals surface area contributed by atoms with E-state index >= 15 is 0 Å². The summed E-state index contributed by atoms with van der Waals surface area (Å²) in [4.78, 5) is 36.2. The van der Waals surface area contributed by atoms with E-state index in [2.05, 4.69) is 31.4 Å². The Kier molecular flexibility index (Phi) is 7.21. The first-order valence-electron chi connectivity index (χ1n) is 9.68. The van der Waals surface area contributed by atoms with Gasteiger partial charge < -0.3 is 25.6 Å². The van der Waals surface area contributed by atoms with E-state index in [4.69, 9.17) is 0 Å². The molecule has 0 aliphatic carbocycles. The molecule has 2 rings (SSSR count). The molecule has 7 heteroatoms. The molecule has 0 bridgehead atoms. The maximum atomic E-state index is 12.4. The lowest BCUT2D eigenvalue weighted by Crippen LogP contribution is -2.54. The van der Waals surface area contributed by atoms with Gasteiger partial charge in [0.1, 0.15) is 11.8 Å². The number of hydrogen-bond donors (Lipinski definition) is 3. The Hall–Kier alpha value is -3.35. The number of benzene rings is 2. The fourth-order valence-corrected chi connectivity index (χ4v) is 2.82. The largest absolute Gasteiger partial charge is 0.548 e. The van der Waals surface area contributed by atoms with Gasteiger partial charge in [-0.2, -0.15) is 0 Å². The number of carboxylic acids is 1. The molecule has 0 heterocycles. The zero-order chi connectivity index (χ0) is 22.5. The van der Waals surface area contributed by atoms with Crippen molar-refractivity contribution in [2.45, 2.75) is 51.6 Å². The third kappa shape index (κ3) is 6.34. The van der Waals surface area contributed by atoms with Crippen molar-refractivity contribution in [1.29, 1.82) is 0 Å². The number of rotatable bonds is 7. The first-order valence-corrected chi connectivity index (χ1v) is 9.68. The Labute approximate surface area is 176 Å². The van der Waals surface area contributed by atoms with Crippen LogP contribution in [0.15, 0.2) is 48.5 Å². The zero-order valence-corrected chi connectivity index (χ0v) is 17.6. The Morgan fingerprint density at radius 2 is 1.53 bits per heavy atom. The Morgan fingerprint density at radius 1 is 0.967 bits per heavy atom. The molecule has 0 spiro atoms. The molecule has 2 aromatic carbocycles. The molecule has 0 saturated carbocycles. The second kappa shape index (κ2) is 9.43. The fraction of sp³-hybridized carbons (Fsp3) is 0.348. The first kappa shape index (κ1) is 22.9. The Bertz CT molecular complexity index is 899. The van der Waals surface area contributed by atoms with E-state index in [-0.39, 0.29) is 17.6 Å². The monoisotopic (exact) mass is 411 g/mol. The van der Waals surface area contributed by atoms with E-state index in [1.54, 1.807) is 24.3 Å². The summed E-state index contributed by atoms with van der Waals surface area (Å²) >= 11 is 0. The number of aliphatic carboxylic acids is 1. The number of carboxylic acid groups (broad SMARTS) is 1. The molecule has 0 aliphatic rings. The van der Waals surface area contributed by atoms with Crippen LogP contribution in [0.25, 0.3) is 0 Å². The molecule has 3 N–H and O–H groups in total. The normalized spacial score (nSPS) is 13.2. The van der Waals surface area contributed by atoms with Gasteiger partial charge in [-0.15, -0.1) is 0 Å². The van der Waals surface area contributed by atoms with Crippen LogP contribution in [0.3, 0.4) is 0 Å².